The maximum atomic E-state index is 12.9. The molecule has 2 amide bonds. The fourth-order valence-electron chi connectivity index (χ4n) is 3.78. The molecule has 2 aliphatic heterocycles. The lowest BCUT2D eigenvalue weighted by Crippen LogP contribution is -2.65. The van der Waals surface area contributed by atoms with Crippen molar-refractivity contribution >= 4 is 11.7 Å². The van der Waals surface area contributed by atoms with Crippen LogP contribution < -0.4 is 19.7 Å². The number of hydrogen-bond acceptors (Lipinski definition) is 3. The minimum Gasteiger partial charge on any atom is -0.493 e. The Morgan fingerprint density at radius 1 is 1.24 bits per heavy atom. The fourth-order valence-corrected chi connectivity index (χ4v) is 3.78. The van der Waals surface area contributed by atoms with E-state index in [2.05, 4.69) is 12.2 Å². The quantitative estimate of drug-likeness (QED) is 0.897. The minimum absolute atomic E-state index is 0.0841. The summed E-state index contributed by atoms with van der Waals surface area (Å²) in [5.41, 5.74) is 3.37. The number of methoxy groups -OCH3 is 1. The zero-order valence-electron chi connectivity index (χ0n) is 14.9. The summed E-state index contributed by atoms with van der Waals surface area (Å²) in [7, 11) is 1.63. The van der Waals surface area contributed by atoms with E-state index in [9.17, 15) is 4.79 Å². The second-order valence-electron chi connectivity index (χ2n) is 6.97. The van der Waals surface area contributed by atoms with Gasteiger partial charge in [-0.15, -0.1) is 0 Å². The van der Waals surface area contributed by atoms with Crippen LogP contribution in [-0.4, -0.2) is 18.9 Å². The molecule has 130 valence electrons. The van der Waals surface area contributed by atoms with Crippen molar-refractivity contribution in [2.24, 2.45) is 0 Å². The van der Waals surface area contributed by atoms with Gasteiger partial charge >= 0.3 is 6.03 Å². The highest BCUT2D eigenvalue weighted by atomic mass is 16.5. The largest absolute Gasteiger partial charge is 0.493 e. The van der Waals surface area contributed by atoms with Crippen molar-refractivity contribution in [2.75, 3.05) is 12.0 Å². The summed E-state index contributed by atoms with van der Waals surface area (Å²) in [6.45, 7) is 6.07. The Morgan fingerprint density at radius 2 is 2.04 bits per heavy atom. The first-order valence-electron chi connectivity index (χ1n) is 8.47. The first-order chi connectivity index (χ1) is 11.9. The number of benzene rings is 2. The summed E-state index contributed by atoms with van der Waals surface area (Å²) in [6, 6.07) is 11.6. The summed E-state index contributed by atoms with van der Waals surface area (Å²) in [5.74, 6) is 1.39. The van der Waals surface area contributed by atoms with Crippen molar-refractivity contribution in [3.8, 4) is 11.5 Å². The molecule has 0 radical (unpaired) electrons. The van der Waals surface area contributed by atoms with Gasteiger partial charge < -0.3 is 14.8 Å². The third kappa shape index (κ3) is 2.34. The number of para-hydroxylation sites is 1. The number of rotatable bonds is 2. The number of amides is 2. The number of carbonyl (C=O) groups excluding carboxylic acids is 1. The molecule has 0 saturated carbocycles. The highest BCUT2D eigenvalue weighted by Gasteiger charge is 2.50. The van der Waals surface area contributed by atoms with Crippen LogP contribution >= 0.6 is 0 Å². The number of hydrogen-bond donors (Lipinski definition) is 1. The van der Waals surface area contributed by atoms with Crippen LogP contribution in [0.4, 0.5) is 10.5 Å². The number of ether oxygens (including phenoxy) is 2. The number of fused-ring (bicyclic) bond motifs is 4. The molecule has 1 fully saturated rings. The Balaban J connectivity index is 1.82. The summed E-state index contributed by atoms with van der Waals surface area (Å²) in [6.07, 6.45) is 0.672. The van der Waals surface area contributed by atoms with E-state index in [1.807, 2.05) is 50.2 Å². The molecule has 2 aromatic carbocycles. The second kappa shape index (κ2) is 5.41. The van der Waals surface area contributed by atoms with Crippen LogP contribution in [0.3, 0.4) is 0 Å². The molecular weight excluding hydrogens is 316 g/mol. The number of carbonyl (C=O) groups is 1. The molecule has 2 aliphatic rings. The van der Waals surface area contributed by atoms with Gasteiger partial charge in [-0.2, -0.15) is 0 Å². The first-order valence-corrected chi connectivity index (χ1v) is 8.47. The number of aryl methyl sites for hydroxylation is 2. The van der Waals surface area contributed by atoms with E-state index >= 15 is 0 Å². The topological polar surface area (TPSA) is 50.8 Å². The highest BCUT2D eigenvalue weighted by molar-refractivity contribution is 5.95. The van der Waals surface area contributed by atoms with E-state index in [0.717, 1.165) is 16.8 Å². The average Bonchev–Trinajstić information content (AvgIpc) is 2.57. The lowest BCUT2D eigenvalue weighted by Gasteiger charge is -2.50. The van der Waals surface area contributed by atoms with Crippen LogP contribution in [-0.2, 0) is 0 Å². The molecule has 0 aliphatic carbocycles. The lowest BCUT2D eigenvalue weighted by atomic mass is 9.89. The normalized spacial score (nSPS) is 24.2. The Morgan fingerprint density at radius 3 is 2.76 bits per heavy atom. The highest BCUT2D eigenvalue weighted by Crippen LogP contribution is 2.49. The van der Waals surface area contributed by atoms with E-state index < -0.39 is 5.72 Å². The predicted molar refractivity (Wildman–Crippen MR) is 96.3 cm³/mol. The van der Waals surface area contributed by atoms with Crippen LogP contribution in [0.5, 0.6) is 11.5 Å². The van der Waals surface area contributed by atoms with Gasteiger partial charge in [-0.1, -0.05) is 18.2 Å². The third-order valence-corrected chi connectivity index (χ3v) is 5.23. The molecule has 0 aromatic heterocycles. The Kier molecular flexibility index (Phi) is 3.42. The van der Waals surface area contributed by atoms with E-state index in [-0.39, 0.29) is 12.1 Å². The van der Waals surface area contributed by atoms with Crippen molar-refractivity contribution in [2.45, 2.75) is 39.0 Å². The van der Waals surface area contributed by atoms with Crippen LogP contribution in [0, 0.1) is 13.8 Å². The molecule has 4 rings (SSSR count). The zero-order valence-corrected chi connectivity index (χ0v) is 14.9. The van der Waals surface area contributed by atoms with E-state index in [1.54, 1.807) is 12.0 Å². The number of urea groups is 1. The van der Waals surface area contributed by atoms with E-state index in [0.29, 0.717) is 17.9 Å². The van der Waals surface area contributed by atoms with Gasteiger partial charge in [0.25, 0.3) is 0 Å². The molecule has 5 heteroatoms. The fraction of sp³-hybridized carbons (Fsp3) is 0.350. The molecule has 1 N–H and O–H groups in total. The van der Waals surface area contributed by atoms with Crippen molar-refractivity contribution in [1.82, 2.24) is 5.32 Å². The number of nitrogens with zero attached hydrogens (tertiary/aromatic N) is 1. The van der Waals surface area contributed by atoms with Gasteiger partial charge in [0.1, 0.15) is 0 Å². The molecular formula is C20H22N2O3. The average molecular weight is 338 g/mol. The predicted octanol–water partition coefficient (Wildman–Crippen LogP) is 4.08. The molecule has 0 spiro atoms. The monoisotopic (exact) mass is 338 g/mol. The smallest absolute Gasteiger partial charge is 0.325 e. The van der Waals surface area contributed by atoms with Gasteiger partial charge in [0, 0.05) is 17.7 Å². The van der Waals surface area contributed by atoms with Crippen molar-refractivity contribution in [1.29, 1.82) is 0 Å². The maximum Gasteiger partial charge on any atom is 0.325 e. The molecule has 5 nitrogen and oxygen atoms in total. The van der Waals surface area contributed by atoms with Gasteiger partial charge in [-0.3, -0.25) is 4.90 Å². The van der Waals surface area contributed by atoms with Gasteiger partial charge in [0.2, 0.25) is 0 Å². The molecule has 2 heterocycles. The molecule has 2 bridgehead atoms. The summed E-state index contributed by atoms with van der Waals surface area (Å²) >= 11 is 0. The van der Waals surface area contributed by atoms with Crippen LogP contribution in [0.1, 0.15) is 36.1 Å². The van der Waals surface area contributed by atoms with Crippen LogP contribution in [0.15, 0.2) is 36.4 Å². The number of anilines is 1. The van der Waals surface area contributed by atoms with Crippen molar-refractivity contribution < 1.29 is 14.3 Å². The van der Waals surface area contributed by atoms with Crippen molar-refractivity contribution in [3.05, 3.63) is 53.1 Å². The molecule has 1 saturated heterocycles. The maximum absolute atomic E-state index is 12.9. The molecule has 2 aromatic rings. The molecule has 2 unspecified atom stereocenters. The van der Waals surface area contributed by atoms with E-state index in [4.69, 9.17) is 9.47 Å². The first kappa shape index (κ1) is 15.8. The summed E-state index contributed by atoms with van der Waals surface area (Å²) in [5, 5.41) is 3.11. The third-order valence-electron chi connectivity index (χ3n) is 5.23. The SMILES string of the molecule is COc1cccc2c1OC1(C)CC2NC(=O)N1c1ccc(C)c(C)c1. The molecule has 2 atom stereocenters. The summed E-state index contributed by atoms with van der Waals surface area (Å²) in [4.78, 5) is 14.6. The van der Waals surface area contributed by atoms with Crippen LogP contribution in [0.2, 0.25) is 0 Å². The standard InChI is InChI=1S/C20H22N2O3/c1-12-8-9-14(10-13(12)2)22-19(23)21-16-11-20(22,3)25-18-15(16)6-5-7-17(18)24-4/h5-10,16H,11H2,1-4H3,(H,21,23). The lowest BCUT2D eigenvalue weighted by molar-refractivity contribution is 0.0349. The zero-order chi connectivity index (χ0) is 17.8. The van der Waals surface area contributed by atoms with Gasteiger partial charge in [-0.05, 0) is 50.1 Å². The summed E-state index contributed by atoms with van der Waals surface area (Å²) < 4.78 is 11.8. The Labute approximate surface area is 147 Å². The van der Waals surface area contributed by atoms with Crippen molar-refractivity contribution in [3.63, 3.8) is 0 Å². The van der Waals surface area contributed by atoms with E-state index in [1.165, 1.54) is 5.56 Å². The second-order valence-corrected chi connectivity index (χ2v) is 6.97. The Bertz CT molecular complexity index is 864. The minimum atomic E-state index is -0.768. The molecule has 25 heavy (non-hydrogen) atoms. The van der Waals surface area contributed by atoms with Gasteiger partial charge in [-0.25, -0.2) is 4.79 Å². The Hall–Kier alpha value is -2.69. The van der Waals surface area contributed by atoms with Gasteiger partial charge in [0.05, 0.1) is 13.2 Å². The number of nitrogens with one attached hydrogen (secondary N) is 1. The van der Waals surface area contributed by atoms with Crippen LogP contribution in [0.25, 0.3) is 0 Å². The van der Waals surface area contributed by atoms with Gasteiger partial charge in [0.15, 0.2) is 17.2 Å².